The van der Waals surface area contributed by atoms with Gasteiger partial charge in [-0.25, -0.2) is 0 Å². The predicted molar refractivity (Wildman–Crippen MR) is 129 cm³/mol. The Bertz CT molecular complexity index is 916. The normalized spacial score (nSPS) is 17.2. The van der Waals surface area contributed by atoms with Gasteiger partial charge in [0.1, 0.15) is 6.54 Å². The minimum atomic E-state index is -0.142. The first kappa shape index (κ1) is 23.8. The molecule has 2 aromatic rings. The monoisotopic (exact) mass is 460 g/mol. The minimum Gasteiger partial charge on any atom is -0.331 e. The molecule has 0 radical (unpaired) electrons. The van der Waals surface area contributed by atoms with Gasteiger partial charge >= 0.3 is 0 Å². The van der Waals surface area contributed by atoms with Gasteiger partial charge in [-0.1, -0.05) is 51.4 Å². The number of amides is 2. The van der Waals surface area contributed by atoms with Crippen molar-refractivity contribution in [2.45, 2.75) is 66.0 Å². The Morgan fingerprint density at radius 2 is 1.90 bits per heavy atom. The molecule has 1 aromatic heterocycles. The van der Waals surface area contributed by atoms with Crippen LogP contribution in [0.15, 0.2) is 35.7 Å². The topological polar surface area (TPSA) is 40.6 Å². The first-order valence-electron chi connectivity index (χ1n) is 11.0. The molecule has 0 saturated heterocycles. The van der Waals surface area contributed by atoms with E-state index in [1.54, 1.807) is 16.2 Å². The van der Waals surface area contributed by atoms with Crippen LogP contribution in [0.4, 0.5) is 0 Å². The molecule has 3 rings (SSSR count). The summed E-state index contributed by atoms with van der Waals surface area (Å²) in [6.45, 7) is 11.0. The van der Waals surface area contributed by atoms with Crippen molar-refractivity contribution in [1.82, 2.24) is 9.80 Å². The number of carbonyl (C=O) groups excluding carboxylic acids is 2. The van der Waals surface area contributed by atoms with Crippen LogP contribution in [0.25, 0.3) is 0 Å². The highest BCUT2D eigenvalue weighted by Gasteiger charge is 2.35. The summed E-state index contributed by atoms with van der Waals surface area (Å²) in [5.41, 5.74) is 2.12. The second kappa shape index (κ2) is 9.74. The summed E-state index contributed by atoms with van der Waals surface area (Å²) < 4.78 is 0. The van der Waals surface area contributed by atoms with Gasteiger partial charge in [0, 0.05) is 28.9 Å². The van der Waals surface area contributed by atoms with Crippen LogP contribution in [0, 0.1) is 5.41 Å². The van der Waals surface area contributed by atoms with E-state index in [-0.39, 0.29) is 35.9 Å². The number of fused-ring (bicyclic) bond motifs is 1. The summed E-state index contributed by atoms with van der Waals surface area (Å²) >= 11 is 7.86. The first-order chi connectivity index (χ1) is 14.6. The summed E-state index contributed by atoms with van der Waals surface area (Å²) in [6.07, 6.45) is 2.10. The van der Waals surface area contributed by atoms with Gasteiger partial charge < -0.3 is 9.80 Å². The quantitative estimate of drug-likeness (QED) is 0.535. The van der Waals surface area contributed by atoms with Crippen LogP contribution in [0.5, 0.6) is 0 Å². The van der Waals surface area contributed by atoms with E-state index in [2.05, 4.69) is 39.1 Å². The SMILES string of the molecule is CCC(C)N(CC(=O)N1CCc2sccc2C1c1ccc(Cl)cc1)C(=O)CC(C)(C)C. The number of hydrogen-bond donors (Lipinski definition) is 0. The Kier molecular flexibility index (Phi) is 7.48. The maximum atomic E-state index is 13.6. The van der Waals surface area contributed by atoms with Crippen molar-refractivity contribution in [3.05, 3.63) is 56.7 Å². The number of carbonyl (C=O) groups is 2. The molecule has 2 unspecified atom stereocenters. The van der Waals surface area contributed by atoms with E-state index < -0.39 is 0 Å². The number of halogens is 1. The summed E-state index contributed by atoms with van der Waals surface area (Å²) in [5, 5.41) is 2.78. The second-order valence-electron chi connectivity index (χ2n) is 9.61. The number of nitrogens with zero attached hydrogens (tertiary/aromatic N) is 2. The van der Waals surface area contributed by atoms with Crippen LogP contribution < -0.4 is 0 Å². The van der Waals surface area contributed by atoms with Gasteiger partial charge in [0.15, 0.2) is 0 Å². The number of rotatable bonds is 6. The van der Waals surface area contributed by atoms with Crippen LogP contribution in [-0.4, -0.2) is 40.7 Å². The van der Waals surface area contributed by atoms with Gasteiger partial charge in [-0.05, 0) is 59.9 Å². The van der Waals surface area contributed by atoms with Crippen molar-refractivity contribution in [3.63, 3.8) is 0 Å². The molecule has 0 fully saturated rings. The Balaban J connectivity index is 1.88. The molecule has 0 saturated carbocycles. The van der Waals surface area contributed by atoms with Crippen LogP contribution in [0.3, 0.4) is 0 Å². The zero-order chi connectivity index (χ0) is 22.8. The fraction of sp³-hybridized carbons (Fsp3) is 0.520. The number of benzene rings is 1. The van der Waals surface area contributed by atoms with Crippen LogP contribution in [-0.2, 0) is 16.0 Å². The Morgan fingerprint density at radius 1 is 1.23 bits per heavy atom. The average molecular weight is 461 g/mol. The van der Waals surface area contributed by atoms with Crippen LogP contribution in [0.2, 0.25) is 5.02 Å². The lowest BCUT2D eigenvalue weighted by molar-refractivity contribution is -0.144. The predicted octanol–water partition coefficient (Wildman–Crippen LogP) is 5.94. The zero-order valence-electron chi connectivity index (χ0n) is 19.2. The van der Waals surface area contributed by atoms with E-state index in [0.717, 1.165) is 18.4 Å². The largest absolute Gasteiger partial charge is 0.331 e. The Morgan fingerprint density at radius 3 is 2.52 bits per heavy atom. The lowest BCUT2D eigenvalue weighted by Crippen LogP contribution is -2.49. The van der Waals surface area contributed by atoms with Crippen molar-refractivity contribution in [1.29, 1.82) is 0 Å². The molecule has 1 aliphatic heterocycles. The molecule has 31 heavy (non-hydrogen) atoms. The van der Waals surface area contributed by atoms with Crippen LogP contribution >= 0.6 is 22.9 Å². The summed E-state index contributed by atoms with van der Waals surface area (Å²) in [4.78, 5) is 31.7. The van der Waals surface area contributed by atoms with Crippen molar-refractivity contribution in [2.75, 3.05) is 13.1 Å². The molecule has 0 spiro atoms. The van der Waals surface area contributed by atoms with E-state index in [0.29, 0.717) is 18.0 Å². The fourth-order valence-corrected chi connectivity index (χ4v) is 5.12. The van der Waals surface area contributed by atoms with Crippen molar-refractivity contribution >= 4 is 34.8 Å². The van der Waals surface area contributed by atoms with Crippen LogP contribution in [0.1, 0.15) is 69.5 Å². The van der Waals surface area contributed by atoms with E-state index in [1.807, 2.05) is 36.1 Å². The highest BCUT2D eigenvalue weighted by atomic mass is 35.5. The van der Waals surface area contributed by atoms with Crippen molar-refractivity contribution in [3.8, 4) is 0 Å². The summed E-state index contributed by atoms with van der Waals surface area (Å²) in [6, 6.07) is 9.74. The minimum absolute atomic E-state index is 0.000593. The molecule has 0 aliphatic carbocycles. The Hall–Kier alpha value is -1.85. The molecule has 2 amide bonds. The highest BCUT2D eigenvalue weighted by molar-refractivity contribution is 7.10. The maximum Gasteiger partial charge on any atom is 0.243 e. The van der Waals surface area contributed by atoms with E-state index in [9.17, 15) is 9.59 Å². The van der Waals surface area contributed by atoms with Gasteiger partial charge in [0.05, 0.1) is 6.04 Å². The molecule has 4 nitrogen and oxygen atoms in total. The maximum absolute atomic E-state index is 13.6. The van der Waals surface area contributed by atoms with Crippen molar-refractivity contribution < 1.29 is 9.59 Å². The molecule has 0 bridgehead atoms. The molecule has 1 aromatic carbocycles. The highest BCUT2D eigenvalue weighted by Crippen LogP contribution is 2.38. The molecular weight excluding hydrogens is 428 g/mol. The lowest BCUT2D eigenvalue weighted by Gasteiger charge is -2.39. The fourth-order valence-electron chi connectivity index (χ4n) is 4.09. The molecule has 2 atom stereocenters. The molecular formula is C25H33ClN2O2S. The Labute approximate surface area is 195 Å². The third-order valence-electron chi connectivity index (χ3n) is 5.90. The second-order valence-corrected chi connectivity index (χ2v) is 11.0. The number of thiophene rings is 1. The van der Waals surface area contributed by atoms with Gasteiger partial charge in [0.2, 0.25) is 11.8 Å². The zero-order valence-corrected chi connectivity index (χ0v) is 20.7. The standard InChI is InChI=1S/C25H33ClN2O2S/c1-6-17(2)28(22(29)15-25(3,4)5)16-23(30)27-13-11-21-20(12-14-31-21)24(27)18-7-9-19(26)10-8-18/h7-10,12,14,17,24H,6,11,13,15-16H2,1-5H3. The van der Waals surface area contributed by atoms with E-state index in [4.69, 9.17) is 11.6 Å². The van der Waals surface area contributed by atoms with Gasteiger partial charge in [0.25, 0.3) is 0 Å². The summed E-state index contributed by atoms with van der Waals surface area (Å²) in [5.74, 6) is 0.0471. The molecule has 1 aliphatic rings. The molecule has 6 heteroatoms. The molecule has 0 N–H and O–H groups in total. The molecule has 168 valence electrons. The number of hydrogen-bond acceptors (Lipinski definition) is 3. The van der Waals surface area contributed by atoms with Gasteiger partial charge in [-0.15, -0.1) is 11.3 Å². The summed E-state index contributed by atoms with van der Waals surface area (Å²) in [7, 11) is 0. The first-order valence-corrected chi connectivity index (χ1v) is 12.3. The van der Waals surface area contributed by atoms with E-state index >= 15 is 0 Å². The lowest BCUT2D eigenvalue weighted by atomic mass is 9.91. The molecule has 2 heterocycles. The van der Waals surface area contributed by atoms with Crippen molar-refractivity contribution in [2.24, 2.45) is 5.41 Å². The third kappa shape index (κ3) is 5.69. The third-order valence-corrected chi connectivity index (χ3v) is 7.15. The van der Waals surface area contributed by atoms with Gasteiger partial charge in [-0.2, -0.15) is 0 Å². The van der Waals surface area contributed by atoms with Gasteiger partial charge in [-0.3, -0.25) is 9.59 Å². The smallest absolute Gasteiger partial charge is 0.243 e. The van der Waals surface area contributed by atoms with E-state index in [1.165, 1.54) is 10.4 Å². The average Bonchev–Trinajstić information content (AvgIpc) is 3.18.